The third kappa shape index (κ3) is 3.54. The maximum Gasteiger partial charge on any atom is 0.136 e. The first-order chi connectivity index (χ1) is 6.70. The minimum absolute atomic E-state index is 0.281. The molecule has 3 heteroatoms. The summed E-state index contributed by atoms with van der Waals surface area (Å²) in [5.74, 6) is 0. The second kappa shape index (κ2) is 5.66. The molecule has 0 aromatic rings. The summed E-state index contributed by atoms with van der Waals surface area (Å²) < 4.78 is 19.2. The normalized spacial score (nSPS) is 22.5. The highest BCUT2D eigenvalue weighted by molar-refractivity contribution is 4.86. The van der Waals surface area contributed by atoms with E-state index in [1.54, 1.807) is 0 Å². The molecule has 1 saturated heterocycles. The Balaban J connectivity index is 2.25. The van der Waals surface area contributed by atoms with Crippen LogP contribution in [0.2, 0.25) is 0 Å². The van der Waals surface area contributed by atoms with Gasteiger partial charge in [-0.1, -0.05) is 6.92 Å². The van der Waals surface area contributed by atoms with Crippen LogP contribution in [0, 0.1) is 0 Å². The molecular weight excluding hydrogens is 181 g/mol. The van der Waals surface area contributed by atoms with Gasteiger partial charge in [-0.15, -0.1) is 0 Å². The van der Waals surface area contributed by atoms with E-state index >= 15 is 0 Å². The zero-order chi connectivity index (χ0) is 10.4. The van der Waals surface area contributed by atoms with Crippen molar-refractivity contribution in [1.29, 1.82) is 0 Å². The molecule has 1 rings (SSSR count). The number of rotatable bonds is 5. The molecule has 84 valence electrons. The van der Waals surface area contributed by atoms with Crippen molar-refractivity contribution in [3.63, 3.8) is 0 Å². The van der Waals surface area contributed by atoms with Crippen molar-refractivity contribution >= 4 is 0 Å². The van der Waals surface area contributed by atoms with Gasteiger partial charge in [0.2, 0.25) is 0 Å². The van der Waals surface area contributed by atoms with E-state index in [2.05, 4.69) is 11.8 Å². The van der Waals surface area contributed by atoms with Crippen LogP contribution in [0.3, 0.4) is 0 Å². The van der Waals surface area contributed by atoms with Crippen molar-refractivity contribution in [2.75, 3.05) is 32.8 Å². The summed E-state index contributed by atoms with van der Waals surface area (Å²) in [4.78, 5) is 2.34. The lowest BCUT2D eigenvalue weighted by atomic mass is 9.94. The first-order valence-electron chi connectivity index (χ1n) is 5.69. The molecule has 14 heavy (non-hydrogen) atoms. The van der Waals surface area contributed by atoms with Crippen molar-refractivity contribution in [2.24, 2.45) is 0 Å². The smallest absolute Gasteiger partial charge is 0.136 e. The predicted molar refractivity (Wildman–Crippen MR) is 56.3 cm³/mol. The van der Waals surface area contributed by atoms with Gasteiger partial charge >= 0.3 is 0 Å². The third-order valence-electron chi connectivity index (χ3n) is 2.86. The molecule has 1 heterocycles. The van der Waals surface area contributed by atoms with Crippen LogP contribution in [-0.2, 0) is 4.74 Å². The maximum absolute atomic E-state index is 14.0. The average Bonchev–Trinajstić information content (AvgIpc) is 2.20. The molecule has 0 spiro atoms. The first-order valence-corrected chi connectivity index (χ1v) is 5.69. The zero-order valence-corrected chi connectivity index (χ0v) is 9.39. The summed E-state index contributed by atoms with van der Waals surface area (Å²) in [6, 6.07) is 0. The number of ether oxygens (including phenoxy) is 1. The van der Waals surface area contributed by atoms with Crippen LogP contribution in [0.4, 0.5) is 4.39 Å². The molecule has 0 saturated carbocycles. The molecule has 0 bridgehead atoms. The van der Waals surface area contributed by atoms with Crippen molar-refractivity contribution in [3.05, 3.63) is 0 Å². The number of halogens is 1. The van der Waals surface area contributed by atoms with Crippen molar-refractivity contribution in [1.82, 2.24) is 4.90 Å². The standard InChI is InChI=1S/C11H22FNO/c1-3-7-13-8-5-11(12,6-9-13)10-14-4-2/h3-10H2,1-2H3. The van der Waals surface area contributed by atoms with E-state index in [0.29, 0.717) is 19.4 Å². The van der Waals surface area contributed by atoms with Crippen LogP contribution in [0.15, 0.2) is 0 Å². The molecule has 1 aliphatic rings. The topological polar surface area (TPSA) is 12.5 Å². The zero-order valence-electron chi connectivity index (χ0n) is 9.39. The SMILES string of the molecule is CCCN1CCC(F)(COCC)CC1. The average molecular weight is 203 g/mol. The lowest BCUT2D eigenvalue weighted by Gasteiger charge is -2.35. The van der Waals surface area contributed by atoms with Crippen LogP contribution in [0.25, 0.3) is 0 Å². The van der Waals surface area contributed by atoms with Gasteiger partial charge in [0.15, 0.2) is 0 Å². The maximum atomic E-state index is 14.0. The number of hydrogen-bond acceptors (Lipinski definition) is 2. The van der Waals surface area contributed by atoms with Gasteiger partial charge in [0.05, 0.1) is 6.61 Å². The van der Waals surface area contributed by atoms with Gasteiger partial charge in [0.1, 0.15) is 5.67 Å². The summed E-state index contributed by atoms with van der Waals surface area (Å²) in [5.41, 5.74) is -1.06. The van der Waals surface area contributed by atoms with E-state index in [-0.39, 0.29) is 6.61 Å². The Hall–Kier alpha value is -0.150. The molecule has 0 aliphatic carbocycles. The van der Waals surface area contributed by atoms with Crippen LogP contribution in [-0.4, -0.2) is 43.4 Å². The summed E-state index contributed by atoms with van der Waals surface area (Å²) in [7, 11) is 0. The van der Waals surface area contributed by atoms with Gasteiger partial charge in [-0.3, -0.25) is 0 Å². The van der Waals surface area contributed by atoms with Gasteiger partial charge in [-0.25, -0.2) is 4.39 Å². The van der Waals surface area contributed by atoms with Gasteiger partial charge in [-0.05, 0) is 32.7 Å². The van der Waals surface area contributed by atoms with Gasteiger partial charge in [0, 0.05) is 19.7 Å². The fourth-order valence-corrected chi connectivity index (χ4v) is 1.92. The minimum atomic E-state index is -1.06. The summed E-state index contributed by atoms with van der Waals surface area (Å²) >= 11 is 0. The highest BCUT2D eigenvalue weighted by Gasteiger charge is 2.34. The van der Waals surface area contributed by atoms with Crippen molar-refractivity contribution < 1.29 is 9.13 Å². The van der Waals surface area contributed by atoms with E-state index < -0.39 is 5.67 Å². The number of likely N-dealkylation sites (tertiary alicyclic amines) is 1. The Morgan fingerprint density at radius 2 is 1.93 bits per heavy atom. The van der Waals surface area contributed by atoms with Crippen LogP contribution in [0.1, 0.15) is 33.1 Å². The Labute approximate surface area is 86.4 Å². The number of piperidine rings is 1. The highest BCUT2D eigenvalue weighted by atomic mass is 19.1. The lowest BCUT2D eigenvalue weighted by Crippen LogP contribution is -2.44. The lowest BCUT2D eigenvalue weighted by molar-refractivity contribution is -0.0215. The van der Waals surface area contributed by atoms with E-state index in [0.717, 1.165) is 26.1 Å². The molecule has 0 atom stereocenters. The van der Waals surface area contributed by atoms with Crippen molar-refractivity contribution in [3.8, 4) is 0 Å². The molecule has 0 aromatic carbocycles. The Bertz CT molecular complexity index is 155. The van der Waals surface area contributed by atoms with E-state index in [1.165, 1.54) is 0 Å². The van der Waals surface area contributed by atoms with Crippen LogP contribution >= 0.6 is 0 Å². The van der Waals surface area contributed by atoms with E-state index in [9.17, 15) is 4.39 Å². The Morgan fingerprint density at radius 3 is 2.43 bits per heavy atom. The molecule has 0 amide bonds. The summed E-state index contributed by atoms with van der Waals surface area (Å²) in [6.45, 7) is 7.85. The summed E-state index contributed by atoms with van der Waals surface area (Å²) in [6.07, 6.45) is 2.42. The molecule has 1 aliphatic heterocycles. The van der Waals surface area contributed by atoms with Crippen LogP contribution < -0.4 is 0 Å². The quantitative estimate of drug-likeness (QED) is 0.679. The Morgan fingerprint density at radius 1 is 1.29 bits per heavy atom. The van der Waals surface area contributed by atoms with Crippen LogP contribution in [0.5, 0.6) is 0 Å². The molecule has 0 radical (unpaired) electrons. The number of alkyl halides is 1. The molecule has 2 nitrogen and oxygen atoms in total. The first kappa shape index (κ1) is 11.9. The van der Waals surface area contributed by atoms with Crippen molar-refractivity contribution in [2.45, 2.75) is 38.8 Å². The second-order valence-electron chi connectivity index (χ2n) is 4.13. The highest BCUT2D eigenvalue weighted by Crippen LogP contribution is 2.26. The molecular formula is C11H22FNO. The van der Waals surface area contributed by atoms with Gasteiger partial charge < -0.3 is 9.64 Å². The fraction of sp³-hybridized carbons (Fsp3) is 1.00. The molecule has 0 aromatic heterocycles. The van der Waals surface area contributed by atoms with E-state index in [4.69, 9.17) is 4.74 Å². The summed E-state index contributed by atoms with van der Waals surface area (Å²) in [5, 5.41) is 0. The molecule has 0 N–H and O–H groups in total. The molecule has 1 fully saturated rings. The third-order valence-corrected chi connectivity index (χ3v) is 2.86. The van der Waals surface area contributed by atoms with Gasteiger partial charge in [0.25, 0.3) is 0 Å². The Kier molecular flexibility index (Phi) is 4.82. The minimum Gasteiger partial charge on any atom is -0.378 e. The van der Waals surface area contributed by atoms with Gasteiger partial charge in [-0.2, -0.15) is 0 Å². The predicted octanol–water partition coefficient (Wildman–Crippen LogP) is 2.24. The number of hydrogen-bond donors (Lipinski definition) is 0. The fourth-order valence-electron chi connectivity index (χ4n) is 1.92. The molecule has 0 unspecified atom stereocenters. The monoisotopic (exact) mass is 203 g/mol. The number of nitrogens with zero attached hydrogens (tertiary/aromatic N) is 1. The second-order valence-corrected chi connectivity index (χ2v) is 4.13. The largest absolute Gasteiger partial charge is 0.378 e. The van der Waals surface area contributed by atoms with E-state index in [1.807, 2.05) is 6.92 Å².